The number of fused-ring (bicyclic) bond motifs is 1. The number of amides is 1. The Morgan fingerprint density at radius 2 is 1.83 bits per heavy atom. The summed E-state index contributed by atoms with van der Waals surface area (Å²) in [4.78, 5) is 14.7. The smallest absolute Gasteiger partial charge is 0.233 e. The second-order valence-corrected chi connectivity index (χ2v) is 9.08. The minimum absolute atomic E-state index is 0.133. The number of carbonyl (C=O) groups excluding carboxylic acids is 1. The highest BCUT2D eigenvalue weighted by atomic mass is 32.2. The van der Waals surface area contributed by atoms with Gasteiger partial charge in [-0.05, 0) is 24.0 Å². The average Bonchev–Trinajstić information content (AvgIpc) is 3.05. The van der Waals surface area contributed by atoms with Crippen molar-refractivity contribution in [2.45, 2.75) is 39.0 Å². The van der Waals surface area contributed by atoms with E-state index in [1.165, 1.54) is 11.8 Å². The monoisotopic (exact) mass is 418 g/mol. The van der Waals surface area contributed by atoms with E-state index in [0.29, 0.717) is 40.9 Å². The highest BCUT2D eigenvalue weighted by Gasteiger charge is 2.28. The van der Waals surface area contributed by atoms with Crippen LogP contribution in [0.15, 0.2) is 29.4 Å². The van der Waals surface area contributed by atoms with Crippen LogP contribution in [0.2, 0.25) is 0 Å². The Morgan fingerprint density at radius 3 is 2.48 bits per heavy atom. The molecule has 0 aliphatic carbocycles. The first kappa shape index (κ1) is 21.5. The molecule has 8 heteroatoms. The maximum absolute atomic E-state index is 12.7. The van der Waals surface area contributed by atoms with E-state index in [2.05, 4.69) is 37.9 Å². The van der Waals surface area contributed by atoms with Gasteiger partial charge in [0.1, 0.15) is 6.61 Å². The summed E-state index contributed by atoms with van der Waals surface area (Å²) in [6, 6.07) is 7.59. The number of aromatic nitrogens is 3. The Hall–Kier alpha value is -2.22. The molecule has 0 saturated heterocycles. The van der Waals surface area contributed by atoms with E-state index in [1.54, 1.807) is 0 Å². The quantitative estimate of drug-likeness (QED) is 0.611. The fourth-order valence-electron chi connectivity index (χ4n) is 3.26. The Balaban J connectivity index is 1.63. The second kappa shape index (κ2) is 9.52. The van der Waals surface area contributed by atoms with E-state index >= 15 is 0 Å². The third-order valence-electron chi connectivity index (χ3n) is 4.51. The largest absolute Gasteiger partial charge is 0.485 e. The fraction of sp³-hybridized carbons (Fsp3) is 0.571. The van der Waals surface area contributed by atoms with Crippen LogP contribution in [0, 0.1) is 11.8 Å². The maximum Gasteiger partial charge on any atom is 0.233 e. The molecule has 1 aliphatic rings. The van der Waals surface area contributed by atoms with Crippen LogP contribution in [0.3, 0.4) is 0 Å². The first-order valence-corrected chi connectivity index (χ1v) is 11.0. The molecule has 0 bridgehead atoms. The Morgan fingerprint density at radius 1 is 1.17 bits per heavy atom. The predicted octanol–water partition coefficient (Wildman–Crippen LogP) is 3.56. The highest BCUT2D eigenvalue weighted by molar-refractivity contribution is 7.99. The predicted molar refractivity (Wildman–Crippen MR) is 113 cm³/mol. The summed E-state index contributed by atoms with van der Waals surface area (Å²) in [6.45, 7) is 10.5. The Bertz CT molecular complexity index is 827. The van der Waals surface area contributed by atoms with Gasteiger partial charge in [0, 0.05) is 20.1 Å². The van der Waals surface area contributed by atoms with E-state index in [-0.39, 0.29) is 12.0 Å². The van der Waals surface area contributed by atoms with E-state index in [4.69, 9.17) is 9.47 Å². The van der Waals surface area contributed by atoms with Crippen LogP contribution in [0.25, 0.3) is 0 Å². The molecule has 7 nitrogen and oxygen atoms in total. The molecule has 1 aromatic heterocycles. The van der Waals surface area contributed by atoms with Crippen LogP contribution in [-0.4, -0.2) is 51.0 Å². The molecule has 0 saturated carbocycles. The number of thioether (sulfide) groups is 1. The van der Waals surface area contributed by atoms with Crippen LogP contribution in [0.4, 0.5) is 0 Å². The maximum atomic E-state index is 12.7. The molecule has 0 unspecified atom stereocenters. The van der Waals surface area contributed by atoms with Gasteiger partial charge in [0.2, 0.25) is 5.91 Å². The van der Waals surface area contributed by atoms with Crippen molar-refractivity contribution in [3.05, 3.63) is 30.1 Å². The summed E-state index contributed by atoms with van der Waals surface area (Å²) < 4.78 is 13.7. The first-order valence-electron chi connectivity index (χ1n) is 10.0. The summed E-state index contributed by atoms with van der Waals surface area (Å²) in [5.41, 5.74) is 0. The van der Waals surface area contributed by atoms with Crippen LogP contribution in [0.5, 0.6) is 11.5 Å². The third-order valence-corrected chi connectivity index (χ3v) is 5.52. The van der Waals surface area contributed by atoms with Crippen molar-refractivity contribution < 1.29 is 14.3 Å². The number of hydrogen-bond donors (Lipinski definition) is 0. The van der Waals surface area contributed by atoms with Gasteiger partial charge in [-0.2, -0.15) is 0 Å². The molecule has 3 rings (SSSR count). The number of rotatable bonds is 8. The van der Waals surface area contributed by atoms with Crippen molar-refractivity contribution in [2.75, 3.05) is 25.4 Å². The van der Waals surface area contributed by atoms with Crippen molar-refractivity contribution in [3.63, 3.8) is 0 Å². The normalized spacial score (nSPS) is 15.8. The molecule has 0 radical (unpaired) electrons. The van der Waals surface area contributed by atoms with Crippen molar-refractivity contribution in [2.24, 2.45) is 18.9 Å². The zero-order valence-electron chi connectivity index (χ0n) is 17.8. The minimum atomic E-state index is -0.328. The molecule has 0 spiro atoms. The first-order chi connectivity index (χ1) is 13.8. The Kier molecular flexibility index (Phi) is 7.05. The summed E-state index contributed by atoms with van der Waals surface area (Å²) in [5, 5.41) is 9.26. The standard InChI is InChI=1S/C21H30N4O3S/c1-14(2)10-25(11-15(3)4)19(26)13-29-21-23-22-20(24(21)5)18-12-27-16-8-6-7-9-17(16)28-18/h6-9,14-15,18H,10-13H2,1-5H3/t18-/m1/s1. The van der Waals surface area contributed by atoms with E-state index < -0.39 is 0 Å². The zero-order chi connectivity index (χ0) is 21.0. The molecular weight excluding hydrogens is 388 g/mol. The van der Waals surface area contributed by atoms with E-state index in [9.17, 15) is 4.79 Å². The second-order valence-electron chi connectivity index (χ2n) is 8.14. The van der Waals surface area contributed by atoms with E-state index in [1.807, 2.05) is 40.8 Å². The molecule has 2 heterocycles. The van der Waals surface area contributed by atoms with Gasteiger partial charge in [-0.1, -0.05) is 51.6 Å². The molecule has 158 valence electrons. The van der Waals surface area contributed by atoms with Crippen molar-refractivity contribution in [1.29, 1.82) is 0 Å². The van der Waals surface area contributed by atoms with Gasteiger partial charge in [-0.25, -0.2) is 0 Å². The van der Waals surface area contributed by atoms with Gasteiger partial charge in [0.15, 0.2) is 28.6 Å². The summed E-state index contributed by atoms with van der Waals surface area (Å²) in [5.74, 6) is 3.49. The van der Waals surface area contributed by atoms with Gasteiger partial charge in [0.25, 0.3) is 0 Å². The van der Waals surface area contributed by atoms with Gasteiger partial charge in [-0.3, -0.25) is 4.79 Å². The molecule has 1 amide bonds. The van der Waals surface area contributed by atoms with Crippen molar-refractivity contribution >= 4 is 17.7 Å². The van der Waals surface area contributed by atoms with Crippen LogP contribution < -0.4 is 9.47 Å². The lowest BCUT2D eigenvalue weighted by atomic mass is 10.1. The Labute approximate surface area is 176 Å². The van der Waals surface area contributed by atoms with Crippen molar-refractivity contribution in [3.8, 4) is 11.5 Å². The number of carbonyl (C=O) groups is 1. The number of para-hydroxylation sites is 2. The molecule has 1 aromatic carbocycles. The van der Waals surface area contributed by atoms with Gasteiger partial charge >= 0.3 is 0 Å². The molecule has 1 atom stereocenters. The van der Waals surface area contributed by atoms with Crippen LogP contribution in [-0.2, 0) is 11.8 Å². The third kappa shape index (κ3) is 5.44. The van der Waals surface area contributed by atoms with Crippen molar-refractivity contribution in [1.82, 2.24) is 19.7 Å². The topological polar surface area (TPSA) is 69.5 Å². The van der Waals surface area contributed by atoms with Crippen LogP contribution >= 0.6 is 11.8 Å². The van der Waals surface area contributed by atoms with Gasteiger partial charge in [0.05, 0.1) is 5.75 Å². The van der Waals surface area contributed by atoms with Crippen LogP contribution in [0.1, 0.15) is 39.6 Å². The summed E-state index contributed by atoms with van der Waals surface area (Å²) in [6.07, 6.45) is -0.328. The average molecular weight is 419 g/mol. The highest BCUT2D eigenvalue weighted by Crippen LogP contribution is 2.35. The summed E-state index contributed by atoms with van der Waals surface area (Å²) in [7, 11) is 1.89. The molecule has 29 heavy (non-hydrogen) atoms. The number of nitrogens with zero attached hydrogens (tertiary/aromatic N) is 4. The lowest BCUT2D eigenvalue weighted by molar-refractivity contribution is -0.129. The zero-order valence-corrected chi connectivity index (χ0v) is 18.6. The lowest BCUT2D eigenvalue weighted by Crippen LogP contribution is -2.38. The fourth-order valence-corrected chi connectivity index (χ4v) is 4.08. The van der Waals surface area contributed by atoms with E-state index in [0.717, 1.165) is 18.8 Å². The molecule has 0 N–H and O–H groups in total. The lowest BCUT2D eigenvalue weighted by Gasteiger charge is -2.26. The number of benzene rings is 1. The SMILES string of the molecule is CC(C)CN(CC(C)C)C(=O)CSc1nnc([C@H]2COc3ccccc3O2)n1C. The molecule has 2 aromatic rings. The molecular formula is C21H30N4O3S. The number of hydrogen-bond acceptors (Lipinski definition) is 6. The summed E-state index contributed by atoms with van der Waals surface area (Å²) >= 11 is 1.41. The minimum Gasteiger partial charge on any atom is -0.485 e. The number of ether oxygens (including phenoxy) is 2. The van der Waals surface area contributed by atoms with Gasteiger partial charge < -0.3 is 18.9 Å². The van der Waals surface area contributed by atoms with Gasteiger partial charge in [-0.15, -0.1) is 10.2 Å². The molecule has 1 aliphatic heterocycles. The molecule has 0 fully saturated rings.